The minimum atomic E-state index is -3.26. The lowest BCUT2D eigenvalue weighted by atomic mass is 10.1. The molecule has 1 aliphatic rings. The molecule has 4 nitrogen and oxygen atoms in total. The summed E-state index contributed by atoms with van der Waals surface area (Å²) in [6, 6.07) is 5.68. The van der Waals surface area contributed by atoms with E-state index in [1.54, 1.807) is 12.1 Å². The van der Waals surface area contributed by atoms with Crippen molar-refractivity contribution in [2.24, 2.45) is 5.16 Å². The monoisotopic (exact) mass is 243 g/mol. The normalized spacial score (nSPS) is 20.4. The summed E-state index contributed by atoms with van der Waals surface area (Å²) in [5.74, 6) is -0.345. The average molecular weight is 243 g/mol. The lowest BCUT2D eigenvalue weighted by Gasteiger charge is -2.03. The molecular weight excluding hydrogens is 233 g/mol. The van der Waals surface area contributed by atoms with Gasteiger partial charge in [0.1, 0.15) is 5.82 Å². The van der Waals surface area contributed by atoms with Crippen molar-refractivity contribution in [1.29, 1.82) is 0 Å². The minimum absolute atomic E-state index is 0.199. The standard InChI is InChI=1S/C10H10FNO3S/c1-16(13,14)10-6-9(12-15-10)7-2-4-8(11)5-3-7/h2-5,10H,6H2,1H3/t10-/m1/s1. The number of hydrogen-bond donors (Lipinski definition) is 0. The molecule has 0 bridgehead atoms. The number of hydrogen-bond acceptors (Lipinski definition) is 4. The van der Waals surface area contributed by atoms with E-state index >= 15 is 0 Å². The Morgan fingerprint density at radius 1 is 1.38 bits per heavy atom. The van der Waals surface area contributed by atoms with E-state index in [2.05, 4.69) is 5.16 Å². The third-order valence-corrected chi connectivity index (χ3v) is 3.50. The van der Waals surface area contributed by atoms with Gasteiger partial charge in [-0.05, 0) is 17.7 Å². The van der Waals surface area contributed by atoms with Crippen molar-refractivity contribution >= 4 is 15.5 Å². The van der Waals surface area contributed by atoms with Gasteiger partial charge < -0.3 is 4.84 Å². The zero-order valence-corrected chi connectivity index (χ0v) is 9.37. The fourth-order valence-electron chi connectivity index (χ4n) is 1.40. The molecule has 0 amide bonds. The summed E-state index contributed by atoms with van der Waals surface area (Å²) in [5, 5.41) is 3.70. The zero-order chi connectivity index (χ0) is 11.8. The van der Waals surface area contributed by atoms with Gasteiger partial charge in [0.15, 0.2) is 9.84 Å². The van der Waals surface area contributed by atoms with Crippen molar-refractivity contribution in [1.82, 2.24) is 0 Å². The first kappa shape index (κ1) is 11.1. The van der Waals surface area contributed by atoms with Crippen LogP contribution in [0.3, 0.4) is 0 Å². The lowest BCUT2D eigenvalue weighted by molar-refractivity contribution is 0.141. The summed E-state index contributed by atoms with van der Waals surface area (Å²) in [6.45, 7) is 0. The topological polar surface area (TPSA) is 55.7 Å². The van der Waals surface area contributed by atoms with Gasteiger partial charge in [0, 0.05) is 12.7 Å². The largest absolute Gasteiger partial charge is 0.376 e. The van der Waals surface area contributed by atoms with E-state index in [4.69, 9.17) is 4.84 Å². The first-order chi connectivity index (χ1) is 7.47. The molecule has 0 spiro atoms. The lowest BCUT2D eigenvalue weighted by Crippen LogP contribution is -2.19. The van der Waals surface area contributed by atoms with Gasteiger partial charge in [0.25, 0.3) is 0 Å². The fraction of sp³-hybridized carbons (Fsp3) is 0.300. The average Bonchev–Trinajstić information content (AvgIpc) is 2.67. The second kappa shape index (κ2) is 3.86. The maximum atomic E-state index is 12.7. The number of benzene rings is 1. The zero-order valence-electron chi connectivity index (χ0n) is 8.55. The summed E-state index contributed by atoms with van der Waals surface area (Å²) in [4.78, 5) is 4.82. The molecule has 1 aliphatic heterocycles. The van der Waals surface area contributed by atoms with E-state index in [-0.39, 0.29) is 12.2 Å². The first-order valence-corrected chi connectivity index (χ1v) is 6.60. The maximum Gasteiger partial charge on any atom is 0.232 e. The van der Waals surface area contributed by atoms with E-state index in [0.717, 1.165) is 6.26 Å². The molecule has 2 rings (SSSR count). The molecular formula is C10H10FNO3S. The third-order valence-electron chi connectivity index (χ3n) is 2.30. The van der Waals surface area contributed by atoms with Crippen LogP contribution in [-0.4, -0.2) is 25.8 Å². The second-order valence-electron chi connectivity index (χ2n) is 3.61. The molecule has 1 heterocycles. The van der Waals surface area contributed by atoms with Crippen molar-refractivity contribution in [2.45, 2.75) is 11.9 Å². The van der Waals surface area contributed by atoms with Crippen molar-refractivity contribution < 1.29 is 17.6 Å². The maximum absolute atomic E-state index is 12.7. The van der Waals surface area contributed by atoms with Crippen LogP contribution >= 0.6 is 0 Å². The summed E-state index contributed by atoms with van der Waals surface area (Å²) < 4.78 is 35.1. The molecule has 0 aliphatic carbocycles. The van der Waals surface area contributed by atoms with Gasteiger partial charge in [-0.1, -0.05) is 17.3 Å². The number of oxime groups is 1. The molecule has 86 valence electrons. The quantitative estimate of drug-likeness (QED) is 0.787. The SMILES string of the molecule is CS(=O)(=O)[C@@H]1CC(c2ccc(F)cc2)=NO1. The predicted molar refractivity (Wildman–Crippen MR) is 57.3 cm³/mol. The van der Waals surface area contributed by atoms with Gasteiger partial charge in [-0.15, -0.1) is 0 Å². The Morgan fingerprint density at radius 3 is 2.50 bits per heavy atom. The van der Waals surface area contributed by atoms with Crippen LogP contribution in [0.4, 0.5) is 4.39 Å². The number of nitrogens with zero attached hydrogens (tertiary/aromatic N) is 1. The van der Waals surface area contributed by atoms with Crippen molar-refractivity contribution in [3.63, 3.8) is 0 Å². The van der Waals surface area contributed by atoms with Gasteiger partial charge in [-0.2, -0.15) is 0 Å². The molecule has 0 saturated heterocycles. The highest BCUT2D eigenvalue weighted by Gasteiger charge is 2.30. The van der Waals surface area contributed by atoms with Gasteiger partial charge in [0.05, 0.1) is 5.71 Å². The van der Waals surface area contributed by atoms with E-state index in [0.29, 0.717) is 11.3 Å². The van der Waals surface area contributed by atoms with Crippen LogP contribution in [-0.2, 0) is 14.7 Å². The summed E-state index contributed by atoms with van der Waals surface area (Å²) in [5.41, 5.74) is 0.274. The Labute approximate surface area is 92.6 Å². The van der Waals surface area contributed by atoms with Crippen molar-refractivity contribution in [2.75, 3.05) is 6.26 Å². The van der Waals surface area contributed by atoms with Crippen LogP contribution in [0, 0.1) is 5.82 Å². The highest BCUT2D eigenvalue weighted by Crippen LogP contribution is 2.20. The Morgan fingerprint density at radius 2 is 2.00 bits per heavy atom. The molecule has 0 radical (unpaired) electrons. The number of halogens is 1. The molecule has 1 aromatic rings. The Bertz CT molecular complexity index is 522. The smallest absolute Gasteiger partial charge is 0.232 e. The Hall–Kier alpha value is -1.43. The van der Waals surface area contributed by atoms with E-state index in [9.17, 15) is 12.8 Å². The number of rotatable bonds is 2. The van der Waals surface area contributed by atoms with E-state index < -0.39 is 15.3 Å². The van der Waals surface area contributed by atoms with Crippen LogP contribution in [0.2, 0.25) is 0 Å². The van der Waals surface area contributed by atoms with Crippen molar-refractivity contribution in [3.8, 4) is 0 Å². The minimum Gasteiger partial charge on any atom is -0.376 e. The van der Waals surface area contributed by atoms with Crippen LogP contribution in [0.25, 0.3) is 0 Å². The Balaban J connectivity index is 2.18. The highest BCUT2D eigenvalue weighted by molar-refractivity contribution is 7.91. The molecule has 0 fully saturated rings. The number of sulfone groups is 1. The van der Waals surface area contributed by atoms with Crippen LogP contribution < -0.4 is 0 Å². The Kier molecular flexibility index (Phi) is 2.67. The van der Waals surface area contributed by atoms with Gasteiger partial charge in [-0.25, -0.2) is 12.8 Å². The van der Waals surface area contributed by atoms with Gasteiger partial charge in [-0.3, -0.25) is 0 Å². The van der Waals surface area contributed by atoms with Crippen LogP contribution in [0.1, 0.15) is 12.0 Å². The molecule has 0 aromatic heterocycles. The molecule has 1 aromatic carbocycles. The molecule has 16 heavy (non-hydrogen) atoms. The molecule has 0 saturated carbocycles. The summed E-state index contributed by atoms with van der Waals surface area (Å²) >= 11 is 0. The summed E-state index contributed by atoms with van der Waals surface area (Å²) in [6.07, 6.45) is 1.30. The highest BCUT2D eigenvalue weighted by atomic mass is 32.2. The van der Waals surface area contributed by atoms with Crippen LogP contribution in [0.5, 0.6) is 0 Å². The molecule has 0 N–H and O–H groups in total. The van der Waals surface area contributed by atoms with E-state index in [1.807, 2.05) is 0 Å². The fourth-order valence-corrected chi connectivity index (χ4v) is 2.06. The second-order valence-corrected chi connectivity index (χ2v) is 5.80. The summed E-state index contributed by atoms with van der Waals surface area (Å²) in [7, 11) is -3.26. The van der Waals surface area contributed by atoms with Gasteiger partial charge in [0.2, 0.25) is 5.44 Å². The molecule has 6 heteroatoms. The first-order valence-electron chi connectivity index (χ1n) is 4.64. The molecule has 1 atom stereocenters. The van der Waals surface area contributed by atoms with Crippen LogP contribution in [0.15, 0.2) is 29.4 Å². The van der Waals surface area contributed by atoms with Crippen molar-refractivity contribution in [3.05, 3.63) is 35.6 Å². The molecule has 0 unspecified atom stereocenters. The predicted octanol–water partition coefficient (Wildman–Crippen LogP) is 1.32. The van der Waals surface area contributed by atoms with E-state index in [1.165, 1.54) is 12.1 Å². The van der Waals surface area contributed by atoms with Gasteiger partial charge >= 0.3 is 0 Å². The third kappa shape index (κ3) is 2.21.